The fourth-order valence-electron chi connectivity index (χ4n) is 3.25. The van der Waals surface area contributed by atoms with Crippen molar-refractivity contribution in [2.24, 2.45) is 5.92 Å². The number of benzene rings is 1. The molecule has 1 fully saturated rings. The third-order valence-corrected chi connectivity index (χ3v) is 5.82. The number of rotatable bonds is 5. The van der Waals surface area contributed by atoms with Gasteiger partial charge in [-0.2, -0.15) is 0 Å². The lowest BCUT2D eigenvalue weighted by Gasteiger charge is -2.11. The summed E-state index contributed by atoms with van der Waals surface area (Å²) >= 11 is 19.0. The summed E-state index contributed by atoms with van der Waals surface area (Å²) in [6, 6.07) is 4.39. The van der Waals surface area contributed by atoms with E-state index in [4.69, 9.17) is 34.8 Å². The highest BCUT2D eigenvalue weighted by Gasteiger charge is 2.31. The molecule has 0 spiro atoms. The zero-order valence-electron chi connectivity index (χ0n) is 16.3. The van der Waals surface area contributed by atoms with Crippen LogP contribution in [0.4, 0.5) is 5.82 Å². The number of amides is 2. The smallest absolute Gasteiger partial charge is 0.265 e. The Balaban J connectivity index is 1.75. The van der Waals surface area contributed by atoms with Crippen molar-refractivity contribution in [3.05, 3.63) is 56.8 Å². The van der Waals surface area contributed by atoms with Gasteiger partial charge in [-0.25, -0.2) is 4.98 Å². The van der Waals surface area contributed by atoms with Gasteiger partial charge >= 0.3 is 0 Å². The summed E-state index contributed by atoms with van der Waals surface area (Å²) in [5.74, 6) is -0.723. The van der Waals surface area contributed by atoms with E-state index in [-0.39, 0.29) is 49.7 Å². The average Bonchev–Trinajstić information content (AvgIpc) is 3.51. The van der Waals surface area contributed by atoms with Crippen LogP contribution in [-0.2, 0) is 4.79 Å². The SMILES string of the molecule is CCNC(=O)c1cc(Cl)c(C(=O)n2cc(Cl)c3c(NC(=O)C4CC4)nccc32)c(Cl)c1. The van der Waals surface area contributed by atoms with E-state index in [2.05, 4.69) is 15.6 Å². The molecular formula is C21H17Cl3N4O3. The van der Waals surface area contributed by atoms with Crippen LogP contribution in [0.1, 0.15) is 40.5 Å². The molecule has 0 bridgehead atoms. The summed E-state index contributed by atoms with van der Waals surface area (Å²) in [6.07, 6.45) is 4.59. The summed E-state index contributed by atoms with van der Waals surface area (Å²) < 4.78 is 1.30. The molecule has 2 N–H and O–H groups in total. The number of nitrogens with zero attached hydrogens (tertiary/aromatic N) is 2. The van der Waals surface area contributed by atoms with E-state index in [1.807, 2.05) is 0 Å². The molecule has 2 amide bonds. The molecule has 0 aliphatic heterocycles. The van der Waals surface area contributed by atoms with Gasteiger partial charge in [-0.15, -0.1) is 0 Å². The van der Waals surface area contributed by atoms with E-state index < -0.39 is 5.91 Å². The molecule has 160 valence electrons. The van der Waals surface area contributed by atoms with Crippen molar-refractivity contribution in [2.45, 2.75) is 19.8 Å². The maximum absolute atomic E-state index is 13.3. The topological polar surface area (TPSA) is 93.1 Å². The Bertz CT molecular complexity index is 1210. The van der Waals surface area contributed by atoms with Crippen LogP contribution in [0.25, 0.3) is 10.9 Å². The summed E-state index contributed by atoms with van der Waals surface area (Å²) in [7, 11) is 0. The van der Waals surface area contributed by atoms with E-state index in [9.17, 15) is 14.4 Å². The molecule has 0 radical (unpaired) electrons. The quantitative estimate of drug-likeness (QED) is 0.550. The van der Waals surface area contributed by atoms with Crippen LogP contribution in [0.5, 0.6) is 0 Å². The summed E-state index contributed by atoms with van der Waals surface area (Å²) in [5, 5.41) is 6.19. The van der Waals surface area contributed by atoms with Gasteiger partial charge in [-0.3, -0.25) is 19.0 Å². The first-order chi connectivity index (χ1) is 14.8. The number of pyridine rings is 1. The van der Waals surface area contributed by atoms with Crippen LogP contribution in [0, 0.1) is 5.92 Å². The van der Waals surface area contributed by atoms with Crippen molar-refractivity contribution in [3.8, 4) is 0 Å². The number of carbonyl (C=O) groups is 3. The monoisotopic (exact) mass is 478 g/mol. The second-order valence-corrected chi connectivity index (χ2v) is 8.37. The molecule has 1 aliphatic rings. The van der Waals surface area contributed by atoms with E-state index in [1.54, 1.807) is 13.0 Å². The Morgan fingerprint density at radius 3 is 2.42 bits per heavy atom. The van der Waals surface area contributed by atoms with Crippen molar-refractivity contribution in [1.82, 2.24) is 14.9 Å². The fourth-order valence-corrected chi connectivity index (χ4v) is 4.19. The van der Waals surface area contributed by atoms with Gasteiger partial charge in [0.15, 0.2) is 0 Å². The standard InChI is InChI=1S/C21H17Cl3N4O3/c1-2-25-19(29)11-7-12(22)16(13(23)8-11)21(31)28-9-14(24)17-15(28)5-6-26-18(17)27-20(30)10-3-4-10/h5-10H,2-4H2,1H3,(H,25,29)(H,26,27,30). The van der Waals surface area contributed by atoms with Gasteiger partial charge in [-0.1, -0.05) is 34.8 Å². The number of halogens is 3. The Kier molecular flexibility index (Phi) is 5.92. The highest BCUT2D eigenvalue weighted by molar-refractivity contribution is 6.41. The van der Waals surface area contributed by atoms with Gasteiger partial charge in [0, 0.05) is 30.4 Å². The molecule has 2 heterocycles. The largest absolute Gasteiger partial charge is 0.352 e. The number of carbonyl (C=O) groups excluding carboxylic acids is 3. The molecule has 0 saturated heterocycles. The first-order valence-corrected chi connectivity index (χ1v) is 10.7. The van der Waals surface area contributed by atoms with Gasteiger partial charge in [0.25, 0.3) is 11.8 Å². The lowest BCUT2D eigenvalue weighted by Crippen LogP contribution is -2.23. The number of fused-ring (bicyclic) bond motifs is 1. The molecule has 3 aromatic rings. The van der Waals surface area contributed by atoms with Crippen LogP contribution in [0.3, 0.4) is 0 Å². The van der Waals surface area contributed by atoms with Crippen molar-refractivity contribution < 1.29 is 14.4 Å². The van der Waals surface area contributed by atoms with E-state index in [0.29, 0.717) is 17.4 Å². The Labute approximate surface area is 192 Å². The Hall–Kier alpha value is -2.61. The zero-order chi connectivity index (χ0) is 22.3. The van der Waals surface area contributed by atoms with Crippen molar-refractivity contribution in [2.75, 3.05) is 11.9 Å². The van der Waals surface area contributed by atoms with Crippen LogP contribution < -0.4 is 10.6 Å². The van der Waals surface area contributed by atoms with Gasteiger partial charge in [0.2, 0.25) is 5.91 Å². The van der Waals surface area contributed by atoms with E-state index in [0.717, 1.165) is 12.8 Å². The molecule has 1 saturated carbocycles. The fraction of sp³-hybridized carbons (Fsp3) is 0.238. The maximum Gasteiger partial charge on any atom is 0.265 e. The predicted octanol–water partition coefficient (Wildman–Crippen LogP) is 4.78. The van der Waals surface area contributed by atoms with Crippen LogP contribution in [0.15, 0.2) is 30.6 Å². The third kappa shape index (κ3) is 4.13. The minimum atomic E-state index is -0.528. The van der Waals surface area contributed by atoms with Crippen LogP contribution in [0.2, 0.25) is 15.1 Å². The first-order valence-electron chi connectivity index (χ1n) is 9.60. The third-order valence-electron chi connectivity index (χ3n) is 4.93. The van der Waals surface area contributed by atoms with Gasteiger partial charge in [0.1, 0.15) is 5.82 Å². The van der Waals surface area contributed by atoms with Gasteiger partial charge in [-0.05, 0) is 38.0 Å². The minimum Gasteiger partial charge on any atom is -0.352 e. The van der Waals surface area contributed by atoms with E-state index >= 15 is 0 Å². The molecule has 1 aliphatic carbocycles. The highest BCUT2D eigenvalue weighted by Crippen LogP contribution is 2.35. The zero-order valence-corrected chi connectivity index (χ0v) is 18.6. The van der Waals surface area contributed by atoms with E-state index in [1.165, 1.54) is 29.1 Å². The molecule has 1 aromatic carbocycles. The van der Waals surface area contributed by atoms with Crippen molar-refractivity contribution in [3.63, 3.8) is 0 Å². The van der Waals surface area contributed by atoms with Crippen molar-refractivity contribution >= 4 is 69.2 Å². The van der Waals surface area contributed by atoms with Crippen molar-refractivity contribution in [1.29, 1.82) is 0 Å². The minimum absolute atomic E-state index is 0.0133. The summed E-state index contributed by atoms with van der Waals surface area (Å²) in [5.41, 5.74) is 0.722. The summed E-state index contributed by atoms with van der Waals surface area (Å²) in [4.78, 5) is 41.8. The number of hydrogen-bond acceptors (Lipinski definition) is 4. The molecule has 2 aromatic heterocycles. The highest BCUT2D eigenvalue weighted by atomic mass is 35.5. The maximum atomic E-state index is 13.3. The van der Waals surface area contributed by atoms with Crippen LogP contribution >= 0.6 is 34.8 Å². The number of anilines is 1. The molecule has 31 heavy (non-hydrogen) atoms. The lowest BCUT2D eigenvalue weighted by atomic mass is 10.1. The van der Waals surface area contributed by atoms with Gasteiger partial charge < -0.3 is 10.6 Å². The number of hydrogen-bond donors (Lipinski definition) is 2. The molecule has 0 atom stereocenters. The lowest BCUT2D eigenvalue weighted by molar-refractivity contribution is -0.117. The number of aromatic nitrogens is 2. The Morgan fingerprint density at radius 1 is 1.13 bits per heavy atom. The summed E-state index contributed by atoms with van der Waals surface area (Å²) in [6.45, 7) is 2.23. The molecule has 7 nitrogen and oxygen atoms in total. The Morgan fingerprint density at radius 2 is 1.81 bits per heavy atom. The van der Waals surface area contributed by atoms with Gasteiger partial charge in [0.05, 0.1) is 31.5 Å². The molecular weight excluding hydrogens is 463 g/mol. The molecule has 10 heteroatoms. The second kappa shape index (κ2) is 8.49. The average molecular weight is 480 g/mol. The second-order valence-electron chi connectivity index (χ2n) is 7.14. The van der Waals surface area contributed by atoms with Crippen LogP contribution in [-0.4, -0.2) is 33.8 Å². The first kappa shape index (κ1) is 21.6. The number of nitrogens with one attached hydrogen (secondary N) is 2. The molecule has 4 rings (SSSR count). The normalized spacial score (nSPS) is 13.3. The molecule has 0 unspecified atom stereocenters. The predicted molar refractivity (Wildman–Crippen MR) is 120 cm³/mol.